The second-order valence-electron chi connectivity index (χ2n) is 4.58. The largest absolute Gasteiger partial charge is 0.379 e. The Hall–Kier alpha value is -1.59. The minimum atomic E-state index is -0.109. The lowest BCUT2D eigenvalue weighted by Gasteiger charge is -2.23. The Morgan fingerprint density at radius 1 is 1.50 bits per heavy atom. The van der Waals surface area contributed by atoms with E-state index in [9.17, 15) is 4.79 Å². The number of benzene rings is 1. The van der Waals surface area contributed by atoms with Crippen molar-refractivity contribution in [3.8, 4) is 0 Å². The first-order valence-corrected chi connectivity index (χ1v) is 6.16. The third-order valence-corrected chi connectivity index (χ3v) is 3.07. The molecule has 0 spiro atoms. The van der Waals surface area contributed by atoms with Gasteiger partial charge in [-0.2, -0.15) is 0 Å². The number of nitrogens with one attached hydrogen (secondary N) is 2. The van der Waals surface area contributed by atoms with Crippen LogP contribution in [0.15, 0.2) is 18.2 Å². The summed E-state index contributed by atoms with van der Waals surface area (Å²) in [5.74, 6) is 5.31. The van der Waals surface area contributed by atoms with Gasteiger partial charge in [-0.15, -0.1) is 0 Å². The number of carbonyl (C=O) groups is 1. The number of nitrogens with two attached hydrogens (primary N) is 1. The van der Waals surface area contributed by atoms with Crippen LogP contribution in [0.4, 0.5) is 5.69 Å². The van der Waals surface area contributed by atoms with Crippen LogP contribution >= 0.6 is 0 Å². The van der Waals surface area contributed by atoms with Crippen molar-refractivity contribution in [2.75, 3.05) is 18.6 Å². The molecule has 1 amide bonds. The number of hydrogen-bond donors (Lipinski definition) is 3. The van der Waals surface area contributed by atoms with Gasteiger partial charge >= 0.3 is 0 Å². The quantitative estimate of drug-likeness (QED) is 0.555. The molecule has 5 heteroatoms. The van der Waals surface area contributed by atoms with E-state index in [1.54, 1.807) is 0 Å². The molecule has 0 radical (unpaired) electrons. The monoisotopic (exact) mass is 249 g/mol. The Balaban J connectivity index is 2.09. The molecule has 98 valence electrons. The van der Waals surface area contributed by atoms with Gasteiger partial charge in [0, 0.05) is 6.61 Å². The highest BCUT2D eigenvalue weighted by molar-refractivity contribution is 5.99. The van der Waals surface area contributed by atoms with Gasteiger partial charge in [-0.05, 0) is 31.9 Å². The van der Waals surface area contributed by atoms with Gasteiger partial charge in [0.25, 0.3) is 5.91 Å². The molecule has 1 aliphatic rings. The van der Waals surface area contributed by atoms with E-state index in [0.29, 0.717) is 17.9 Å². The minimum Gasteiger partial charge on any atom is -0.379 e. The number of ether oxygens (including phenoxy) is 1. The second-order valence-corrected chi connectivity index (χ2v) is 4.58. The van der Waals surface area contributed by atoms with Gasteiger partial charge in [0.1, 0.15) is 0 Å². The van der Waals surface area contributed by atoms with Crippen molar-refractivity contribution in [1.82, 2.24) is 5.32 Å². The molecule has 1 saturated heterocycles. The van der Waals surface area contributed by atoms with Crippen LogP contribution in [0.2, 0.25) is 0 Å². The molecule has 1 aliphatic heterocycles. The predicted molar refractivity (Wildman–Crippen MR) is 70.3 cm³/mol. The van der Waals surface area contributed by atoms with Crippen LogP contribution in [0.3, 0.4) is 0 Å². The number of rotatable bonds is 3. The Kier molecular flexibility index (Phi) is 4.17. The summed E-state index contributed by atoms with van der Waals surface area (Å²) in [6, 6.07) is 5.64. The van der Waals surface area contributed by atoms with Crippen molar-refractivity contribution in [1.29, 1.82) is 0 Å². The van der Waals surface area contributed by atoms with Crippen molar-refractivity contribution in [3.05, 3.63) is 29.3 Å². The zero-order chi connectivity index (χ0) is 13.0. The summed E-state index contributed by atoms with van der Waals surface area (Å²) in [5.41, 5.74) is 4.78. The molecule has 4 N–H and O–H groups in total. The van der Waals surface area contributed by atoms with Crippen molar-refractivity contribution in [2.24, 2.45) is 5.84 Å². The summed E-state index contributed by atoms with van der Waals surface area (Å²) in [6.07, 6.45) is 1.95. The van der Waals surface area contributed by atoms with E-state index in [4.69, 9.17) is 10.6 Å². The van der Waals surface area contributed by atoms with Crippen LogP contribution < -0.4 is 16.6 Å². The zero-order valence-corrected chi connectivity index (χ0v) is 10.5. The number of anilines is 1. The number of amides is 1. The number of carbonyl (C=O) groups excluding carboxylic acids is 1. The first-order valence-electron chi connectivity index (χ1n) is 6.16. The normalized spacial score (nSPS) is 19.3. The van der Waals surface area contributed by atoms with E-state index in [1.807, 2.05) is 25.1 Å². The fourth-order valence-electron chi connectivity index (χ4n) is 2.09. The zero-order valence-electron chi connectivity index (χ0n) is 10.5. The Morgan fingerprint density at radius 2 is 2.33 bits per heavy atom. The summed E-state index contributed by atoms with van der Waals surface area (Å²) in [7, 11) is 0. The van der Waals surface area contributed by atoms with Gasteiger partial charge in [0.05, 0.1) is 23.9 Å². The highest BCUT2D eigenvalue weighted by atomic mass is 16.5. The summed E-state index contributed by atoms with van der Waals surface area (Å²) < 4.78 is 5.34. The Morgan fingerprint density at radius 3 is 3.00 bits per heavy atom. The van der Waals surface area contributed by atoms with Crippen LogP contribution in [0.25, 0.3) is 0 Å². The highest BCUT2D eigenvalue weighted by Crippen LogP contribution is 2.17. The van der Waals surface area contributed by atoms with Crippen LogP contribution in [-0.2, 0) is 4.74 Å². The topological polar surface area (TPSA) is 76.4 Å². The lowest BCUT2D eigenvalue weighted by Crippen LogP contribution is -2.40. The van der Waals surface area contributed by atoms with Gasteiger partial charge in [-0.1, -0.05) is 11.6 Å². The molecular formula is C13H19N3O2. The van der Waals surface area contributed by atoms with Gasteiger partial charge in [-0.3, -0.25) is 10.6 Å². The summed E-state index contributed by atoms with van der Waals surface area (Å²) in [6.45, 7) is 3.32. The fraction of sp³-hybridized carbons (Fsp3) is 0.462. The SMILES string of the molecule is Cc1ccc(NN)c(C(=O)NC2CCCOC2)c1. The van der Waals surface area contributed by atoms with Crippen molar-refractivity contribution < 1.29 is 9.53 Å². The molecule has 1 fully saturated rings. The third-order valence-electron chi connectivity index (χ3n) is 3.07. The first-order chi connectivity index (χ1) is 8.70. The molecule has 0 aromatic heterocycles. The lowest BCUT2D eigenvalue weighted by atomic mass is 10.1. The molecule has 1 unspecified atom stereocenters. The molecule has 2 rings (SSSR count). The van der Waals surface area contributed by atoms with Gasteiger partial charge in [0.2, 0.25) is 0 Å². The molecule has 5 nitrogen and oxygen atoms in total. The van der Waals surface area contributed by atoms with E-state index in [0.717, 1.165) is 25.0 Å². The Bertz CT molecular complexity index is 428. The molecule has 0 bridgehead atoms. The summed E-state index contributed by atoms with van der Waals surface area (Å²) in [5, 5.41) is 2.98. The highest BCUT2D eigenvalue weighted by Gasteiger charge is 2.18. The van der Waals surface area contributed by atoms with Crippen molar-refractivity contribution >= 4 is 11.6 Å². The molecular weight excluding hydrogens is 230 g/mol. The average molecular weight is 249 g/mol. The van der Waals surface area contributed by atoms with E-state index in [-0.39, 0.29) is 11.9 Å². The maximum atomic E-state index is 12.2. The number of aryl methyl sites for hydroxylation is 1. The standard InChI is InChI=1S/C13H19N3O2/c1-9-4-5-12(16-14)11(7-9)13(17)15-10-3-2-6-18-8-10/h4-5,7,10,16H,2-3,6,8,14H2,1H3,(H,15,17). The lowest BCUT2D eigenvalue weighted by molar-refractivity contribution is 0.0624. The maximum absolute atomic E-state index is 12.2. The van der Waals surface area contributed by atoms with E-state index in [2.05, 4.69) is 10.7 Å². The van der Waals surface area contributed by atoms with Gasteiger partial charge in [-0.25, -0.2) is 0 Å². The van der Waals surface area contributed by atoms with E-state index < -0.39 is 0 Å². The maximum Gasteiger partial charge on any atom is 0.253 e. The fourth-order valence-corrected chi connectivity index (χ4v) is 2.09. The van der Waals surface area contributed by atoms with Crippen molar-refractivity contribution in [3.63, 3.8) is 0 Å². The number of hydrogen-bond acceptors (Lipinski definition) is 4. The second kappa shape index (κ2) is 5.84. The molecule has 0 aliphatic carbocycles. The van der Waals surface area contributed by atoms with Crippen LogP contribution in [0.1, 0.15) is 28.8 Å². The molecule has 1 aromatic rings. The van der Waals surface area contributed by atoms with E-state index >= 15 is 0 Å². The molecule has 1 aromatic carbocycles. The predicted octanol–water partition coefficient (Wildman–Crippen LogP) is 1.19. The van der Waals surface area contributed by atoms with Crippen LogP contribution in [-0.4, -0.2) is 25.2 Å². The molecule has 18 heavy (non-hydrogen) atoms. The summed E-state index contributed by atoms with van der Waals surface area (Å²) >= 11 is 0. The number of hydrazine groups is 1. The van der Waals surface area contributed by atoms with Crippen molar-refractivity contribution in [2.45, 2.75) is 25.8 Å². The van der Waals surface area contributed by atoms with Gasteiger partial charge in [0.15, 0.2) is 0 Å². The first kappa shape index (κ1) is 12.9. The average Bonchev–Trinajstić information content (AvgIpc) is 2.40. The van der Waals surface area contributed by atoms with Crippen LogP contribution in [0, 0.1) is 6.92 Å². The van der Waals surface area contributed by atoms with E-state index in [1.165, 1.54) is 0 Å². The van der Waals surface area contributed by atoms with Crippen LogP contribution in [0.5, 0.6) is 0 Å². The molecule has 1 atom stereocenters. The smallest absolute Gasteiger partial charge is 0.253 e. The summed E-state index contributed by atoms with van der Waals surface area (Å²) in [4.78, 5) is 12.2. The minimum absolute atomic E-state index is 0.0948. The third kappa shape index (κ3) is 3.00. The molecule has 0 saturated carbocycles. The number of nitrogen functional groups attached to an aromatic ring is 1. The Labute approximate surface area is 107 Å². The van der Waals surface area contributed by atoms with Gasteiger partial charge < -0.3 is 15.5 Å². The molecule has 1 heterocycles.